The average molecular weight is 271 g/mol. The molecule has 0 N–H and O–H groups in total. The van der Waals surface area contributed by atoms with Gasteiger partial charge in [0.25, 0.3) is 0 Å². The normalized spacial score (nSPS) is 15.2. The van der Waals surface area contributed by atoms with Crippen LogP contribution < -0.4 is 4.90 Å². The summed E-state index contributed by atoms with van der Waals surface area (Å²) in [5.74, 6) is 0.286. The zero-order valence-corrected chi connectivity index (χ0v) is 11.7. The molecular weight excluding hydrogens is 254 g/mol. The molecule has 1 aromatic carbocycles. The van der Waals surface area contributed by atoms with Crippen LogP contribution in [0.4, 0.5) is 5.69 Å². The molecule has 3 heteroatoms. The fraction of sp³-hybridized carbons (Fsp3) is 0.312. The minimum Gasteiger partial charge on any atom is -0.371 e. The Morgan fingerprint density at radius 1 is 1.21 bits per heavy atom. The van der Waals surface area contributed by atoms with Gasteiger partial charge >= 0.3 is 0 Å². The van der Waals surface area contributed by atoms with Gasteiger partial charge in [-0.1, -0.05) is 12.1 Å². The maximum Gasteiger partial charge on any atom is 0.165 e. The van der Waals surface area contributed by atoms with Crippen molar-refractivity contribution in [2.24, 2.45) is 0 Å². The number of nitrogens with zero attached hydrogens (tertiary/aromatic N) is 1. The van der Waals surface area contributed by atoms with Crippen molar-refractivity contribution in [2.45, 2.75) is 19.3 Å². The van der Waals surface area contributed by atoms with E-state index in [2.05, 4.69) is 27.8 Å². The maximum absolute atomic E-state index is 12.1. The number of carbonyl (C=O) groups is 1. The second kappa shape index (κ2) is 5.57. The van der Waals surface area contributed by atoms with Gasteiger partial charge in [-0.2, -0.15) is 11.3 Å². The Morgan fingerprint density at radius 2 is 2.11 bits per heavy atom. The third kappa shape index (κ3) is 2.71. The number of hydrogen-bond donors (Lipinski definition) is 0. The molecule has 2 aromatic rings. The van der Waals surface area contributed by atoms with Crippen LogP contribution in [0, 0.1) is 0 Å². The number of Topliss-reactive ketones (excluding diaryl/α,β-unsaturated/α-hetero) is 1. The molecule has 1 aromatic heterocycles. The van der Waals surface area contributed by atoms with Crippen LogP contribution in [-0.2, 0) is 6.42 Å². The Kier molecular flexibility index (Phi) is 3.65. The molecule has 98 valence electrons. The molecule has 3 rings (SSSR count). The number of ketones is 1. The zero-order chi connectivity index (χ0) is 13.1. The van der Waals surface area contributed by atoms with Crippen LogP contribution in [0.1, 0.15) is 28.8 Å². The Hall–Kier alpha value is -1.61. The first-order chi connectivity index (χ1) is 9.34. The van der Waals surface area contributed by atoms with Gasteiger partial charge in [0.1, 0.15) is 0 Å². The van der Waals surface area contributed by atoms with Crippen LogP contribution >= 0.6 is 11.3 Å². The second-order valence-corrected chi connectivity index (χ2v) is 5.69. The van der Waals surface area contributed by atoms with E-state index in [9.17, 15) is 4.79 Å². The standard InChI is InChI=1S/C16H17NOS/c18-16-6-3-9-17(10-7-13-8-11-19-12-13)15-5-2-1-4-14(15)16/h1-2,4-5,8,11-12H,3,6-7,9-10H2. The lowest BCUT2D eigenvalue weighted by molar-refractivity contribution is 0.0984. The fourth-order valence-corrected chi connectivity index (χ4v) is 3.31. The van der Waals surface area contributed by atoms with Crippen LogP contribution in [0.2, 0.25) is 0 Å². The van der Waals surface area contributed by atoms with E-state index in [0.29, 0.717) is 6.42 Å². The summed E-state index contributed by atoms with van der Waals surface area (Å²) in [5.41, 5.74) is 3.39. The third-order valence-electron chi connectivity index (χ3n) is 3.63. The molecule has 0 spiro atoms. The lowest BCUT2D eigenvalue weighted by Crippen LogP contribution is -2.26. The lowest BCUT2D eigenvalue weighted by Gasteiger charge is -2.24. The minimum atomic E-state index is 0.286. The highest BCUT2D eigenvalue weighted by molar-refractivity contribution is 7.07. The van der Waals surface area contributed by atoms with Gasteiger partial charge in [-0.15, -0.1) is 0 Å². The van der Waals surface area contributed by atoms with Gasteiger partial charge in [0.15, 0.2) is 5.78 Å². The van der Waals surface area contributed by atoms with Crippen LogP contribution in [0.25, 0.3) is 0 Å². The number of hydrogen-bond acceptors (Lipinski definition) is 3. The average Bonchev–Trinajstić information content (AvgIpc) is 2.90. The van der Waals surface area contributed by atoms with Gasteiger partial charge < -0.3 is 4.90 Å². The molecule has 0 saturated carbocycles. The van der Waals surface area contributed by atoms with Crippen LogP contribution in [0.15, 0.2) is 41.1 Å². The predicted molar refractivity (Wildman–Crippen MR) is 80.2 cm³/mol. The van der Waals surface area contributed by atoms with Gasteiger partial charge in [0, 0.05) is 30.8 Å². The molecule has 0 bridgehead atoms. The minimum absolute atomic E-state index is 0.286. The highest BCUT2D eigenvalue weighted by atomic mass is 32.1. The number of para-hydroxylation sites is 1. The van der Waals surface area contributed by atoms with E-state index in [-0.39, 0.29) is 5.78 Å². The summed E-state index contributed by atoms with van der Waals surface area (Å²) >= 11 is 1.74. The summed E-state index contributed by atoms with van der Waals surface area (Å²) in [7, 11) is 0. The van der Waals surface area contributed by atoms with E-state index in [1.54, 1.807) is 11.3 Å². The molecule has 0 fully saturated rings. The lowest BCUT2D eigenvalue weighted by atomic mass is 10.1. The molecule has 0 unspecified atom stereocenters. The van der Waals surface area contributed by atoms with Crippen molar-refractivity contribution in [1.29, 1.82) is 0 Å². The van der Waals surface area contributed by atoms with E-state index in [1.807, 2.05) is 18.2 Å². The predicted octanol–water partition coefficient (Wildman–Crippen LogP) is 3.77. The summed E-state index contributed by atoms with van der Waals surface area (Å²) in [4.78, 5) is 14.4. The van der Waals surface area contributed by atoms with Gasteiger partial charge in [0.2, 0.25) is 0 Å². The van der Waals surface area contributed by atoms with Gasteiger partial charge in [-0.05, 0) is 47.4 Å². The third-order valence-corrected chi connectivity index (χ3v) is 4.36. The van der Waals surface area contributed by atoms with Crippen LogP contribution in [-0.4, -0.2) is 18.9 Å². The van der Waals surface area contributed by atoms with Gasteiger partial charge in [-0.3, -0.25) is 4.79 Å². The summed E-state index contributed by atoms with van der Waals surface area (Å²) in [6.07, 6.45) is 2.68. The van der Waals surface area contributed by atoms with E-state index < -0.39 is 0 Å². The van der Waals surface area contributed by atoms with Gasteiger partial charge in [0.05, 0.1) is 0 Å². The topological polar surface area (TPSA) is 20.3 Å². The quantitative estimate of drug-likeness (QED) is 0.847. The van der Waals surface area contributed by atoms with Crippen molar-refractivity contribution in [3.63, 3.8) is 0 Å². The van der Waals surface area contributed by atoms with E-state index in [0.717, 1.165) is 37.2 Å². The monoisotopic (exact) mass is 271 g/mol. The molecule has 1 aliphatic rings. The number of thiophene rings is 1. The maximum atomic E-state index is 12.1. The largest absolute Gasteiger partial charge is 0.371 e. The highest BCUT2D eigenvalue weighted by Gasteiger charge is 2.19. The van der Waals surface area contributed by atoms with Crippen molar-refractivity contribution in [3.8, 4) is 0 Å². The Bertz CT molecular complexity index is 562. The number of fused-ring (bicyclic) bond motifs is 1. The first-order valence-electron chi connectivity index (χ1n) is 6.73. The SMILES string of the molecule is O=C1CCCN(CCc2ccsc2)c2ccccc21. The van der Waals surface area contributed by atoms with Crippen molar-refractivity contribution in [1.82, 2.24) is 0 Å². The number of rotatable bonds is 3. The van der Waals surface area contributed by atoms with Gasteiger partial charge in [-0.25, -0.2) is 0 Å². The summed E-state index contributed by atoms with van der Waals surface area (Å²) in [6.45, 7) is 1.97. The molecule has 2 nitrogen and oxygen atoms in total. The molecule has 19 heavy (non-hydrogen) atoms. The molecule has 2 heterocycles. The number of benzene rings is 1. The smallest absolute Gasteiger partial charge is 0.165 e. The molecule has 0 amide bonds. The second-order valence-electron chi connectivity index (χ2n) is 4.91. The number of anilines is 1. The van der Waals surface area contributed by atoms with Crippen LogP contribution in [0.3, 0.4) is 0 Å². The molecular formula is C16H17NOS. The summed E-state index contributed by atoms with van der Waals surface area (Å²) in [5, 5.41) is 4.32. The molecule has 0 aliphatic carbocycles. The summed E-state index contributed by atoms with van der Waals surface area (Å²) < 4.78 is 0. The first-order valence-corrected chi connectivity index (χ1v) is 7.67. The van der Waals surface area contributed by atoms with Crippen molar-refractivity contribution in [2.75, 3.05) is 18.0 Å². The van der Waals surface area contributed by atoms with E-state index in [4.69, 9.17) is 0 Å². The highest BCUT2D eigenvalue weighted by Crippen LogP contribution is 2.26. The molecule has 0 saturated heterocycles. The molecule has 1 aliphatic heterocycles. The number of carbonyl (C=O) groups excluding carboxylic acids is 1. The van der Waals surface area contributed by atoms with Crippen molar-refractivity contribution >= 4 is 22.8 Å². The van der Waals surface area contributed by atoms with E-state index >= 15 is 0 Å². The van der Waals surface area contributed by atoms with Crippen molar-refractivity contribution in [3.05, 3.63) is 52.2 Å². The fourth-order valence-electron chi connectivity index (χ4n) is 2.60. The molecule has 0 atom stereocenters. The Balaban J connectivity index is 1.81. The molecule has 0 radical (unpaired) electrons. The zero-order valence-electron chi connectivity index (χ0n) is 10.8. The first kappa shape index (κ1) is 12.4. The van der Waals surface area contributed by atoms with E-state index in [1.165, 1.54) is 5.56 Å². The Labute approximate surface area is 117 Å². The van der Waals surface area contributed by atoms with Crippen molar-refractivity contribution < 1.29 is 4.79 Å². The summed E-state index contributed by atoms with van der Waals surface area (Å²) in [6, 6.07) is 10.2. The Morgan fingerprint density at radius 3 is 2.95 bits per heavy atom. The van der Waals surface area contributed by atoms with Crippen LogP contribution in [0.5, 0.6) is 0 Å².